The first kappa shape index (κ1) is 16.2. The average molecular weight is 328 g/mol. The van der Waals surface area contributed by atoms with Crippen LogP contribution in [0.5, 0.6) is 0 Å². The van der Waals surface area contributed by atoms with Crippen LogP contribution in [-0.4, -0.2) is 28.9 Å². The van der Waals surface area contributed by atoms with Crippen molar-refractivity contribution < 1.29 is 4.79 Å². The highest BCUT2D eigenvalue weighted by Crippen LogP contribution is 2.22. The van der Waals surface area contributed by atoms with E-state index in [1.54, 1.807) is 11.3 Å². The summed E-state index contributed by atoms with van der Waals surface area (Å²) in [5, 5.41) is 3.13. The lowest BCUT2D eigenvalue weighted by atomic mass is 9.90. The normalized spacial score (nSPS) is 15.8. The summed E-state index contributed by atoms with van der Waals surface area (Å²) >= 11 is 1.66. The van der Waals surface area contributed by atoms with Crippen molar-refractivity contribution in [1.29, 1.82) is 0 Å². The predicted octanol–water partition coefficient (Wildman–Crippen LogP) is 3.87. The van der Waals surface area contributed by atoms with Crippen LogP contribution < -0.4 is 0 Å². The van der Waals surface area contributed by atoms with Gasteiger partial charge in [-0.15, -0.1) is 11.3 Å². The van der Waals surface area contributed by atoms with Crippen LogP contribution in [-0.2, 0) is 17.6 Å². The molecule has 1 aliphatic rings. The molecule has 122 valence electrons. The molecule has 1 aromatic heterocycles. The lowest BCUT2D eigenvalue weighted by Crippen LogP contribution is -2.39. The number of piperidine rings is 1. The Labute approximate surface area is 142 Å². The highest BCUT2D eigenvalue weighted by atomic mass is 32.1. The van der Waals surface area contributed by atoms with E-state index in [0.717, 1.165) is 49.5 Å². The van der Waals surface area contributed by atoms with Crippen LogP contribution in [0.3, 0.4) is 0 Å². The highest BCUT2D eigenvalue weighted by molar-refractivity contribution is 7.09. The fourth-order valence-corrected chi connectivity index (χ4v) is 4.00. The number of benzene rings is 1. The van der Waals surface area contributed by atoms with Gasteiger partial charge in [0, 0.05) is 37.0 Å². The number of aryl methyl sites for hydroxylation is 2. The first-order valence-corrected chi connectivity index (χ1v) is 9.31. The third-order valence-corrected chi connectivity index (χ3v) is 5.58. The van der Waals surface area contributed by atoms with Gasteiger partial charge in [0.2, 0.25) is 5.91 Å². The molecule has 0 saturated carbocycles. The van der Waals surface area contributed by atoms with Gasteiger partial charge < -0.3 is 4.90 Å². The summed E-state index contributed by atoms with van der Waals surface area (Å²) in [6, 6.07) is 10.7. The molecule has 2 aromatic rings. The molecule has 0 bridgehead atoms. The van der Waals surface area contributed by atoms with Gasteiger partial charge in [0.25, 0.3) is 0 Å². The molecule has 1 amide bonds. The van der Waals surface area contributed by atoms with Crippen LogP contribution in [0.25, 0.3) is 0 Å². The van der Waals surface area contributed by atoms with Gasteiger partial charge in [-0.3, -0.25) is 4.79 Å². The minimum Gasteiger partial charge on any atom is -0.343 e. The molecule has 2 heterocycles. The number of thiazole rings is 1. The van der Waals surface area contributed by atoms with Gasteiger partial charge in [0.1, 0.15) is 0 Å². The molecule has 0 unspecified atom stereocenters. The Balaban J connectivity index is 1.42. The molecular weight excluding hydrogens is 304 g/mol. The zero-order chi connectivity index (χ0) is 16.1. The van der Waals surface area contributed by atoms with Crippen molar-refractivity contribution in [2.45, 2.75) is 39.0 Å². The Hall–Kier alpha value is -1.68. The average Bonchev–Trinajstić information content (AvgIpc) is 3.00. The standard InChI is InChI=1S/C19H24N2OS/c1-15-14-23-18(20-15)7-8-19(22)21-11-9-17(10-12-21)13-16-5-3-2-4-6-16/h2-6,14,17H,7-13H2,1H3. The fourth-order valence-electron chi connectivity index (χ4n) is 3.22. The molecule has 1 aromatic carbocycles. The summed E-state index contributed by atoms with van der Waals surface area (Å²) in [5.41, 5.74) is 2.47. The molecular formula is C19H24N2OS. The molecule has 3 rings (SSSR count). The number of hydrogen-bond donors (Lipinski definition) is 0. The maximum absolute atomic E-state index is 12.3. The Morgan fingerprint density at radius 1 is 1.26 bits per heavy atom. The van der Waals surface area contributed by atoms with Crippen molar-refractivity contribution in [2.24, 2.45) is 5.92 Å². The van der Waals surface area contributed by atoms with E-state index in [9.17, 15) is 4.79 Å². The maximum Gasteiger partial charge on any atom is 0.222 e. The number of rotatable bonds is 5. The second-order valence-electron chi connectivity index (χ2n) is 6.40. The minimum atomic E-state index is 0.288. The van der Waals surface area contributed by atoms with Gasteiger partial charge in [-0.1, -0.05) is 30.3 Å². The van der Waals surface area contributed by atoms with Gasteiger partial charge in [-0.05, 0) is 37.7 Å². The molecule has 23 heavy (non-hydrogen) atoms. The van der Waals surface area contributed by atoms with E-state index in [1.807, 2.05) is 11.8 Å². The van der Waals surface area contributed by atoms with E-state index in [2.05, 4.69) is 40.7 Å². The molecule has 0 radical (unpaired) electrons. The Morgan fingerprint density at radius 3 is 2.65 bits per heavy atom. The number of carbonyl (C=O) groups excluding carboxylic acids is 1. The lowest BCUT2D eigenvalue weighted by molar-refractivity contribution is -0.132. The summed E-state index contributed by atoms with van der Waals surface area (Å²) in [4.78, 5) is 18.8. The molecule has 1 fully saturated rings. The van der Waals surface area contributed by atoms with Crippen LogP contribution >= 0.6 is 11.3 Å². The molecule has 1 aliphatic heterocycles. The van der Waals surface area contributed by atoms with E-state index in [-0.39, 0.29) is 5.91 Å². The molecule has 4 heteroatoms. The van der Waals surface area contributed by atoms with Crippen LogP contribution in [0.1, 0.15) is 35.5 Å². The van der Waals surface area contributed by atoms with Crippen molar-refractivity contribution in [2.75, 3.05) is 13.1 Å². The predicted molar refractivity (Wildman–Crippen MR) is 94.6 cm³/mol. The van der Waals surface area contributed by atoms with Gasteiger partial charge in [0.15, 0.2) is 0 Å². The largest absolute Gasteiger partial charge is 0.343 e. The molecule has 0 aliphatic carbocycles. The maximum atomic E-state index is 12.3. The first-order chi connectivity index (χ1) is 11.2. The van der Waals surface area contributed by atoms with E-state index >= 15 is 0 Å². The number of aromatic nitrogens is 1. The van der Waals surface area contributed by atoms with Crippen molar-refractivity contribution in [3.63, 3.8) is 0 Å². The van der Waals surface area contributed by atoms with E-state index in [1.165, 1.54) is 5.56 Å². The Bertz CT molecular complexity index is 630. The summed E-state index contributed by atoms with van der Waals surface area (Å²) < 4.78 is 0. The first-order valence-electron chi connectivity index (χ1n) is 8.43. The topological polar surface area (TPSA) is 33.2 Å². The summed E-state index contributed by atoms with van der Waals surface area (Å²) in [6.45, 7) is 3.82. The Morgan fingerprint density at radius 2 is 2.00 bits per heavy atom. The molecule has 0 N–H and O–H groups in total. The van der Waals surface area contributed by atoms with Crippen LogP contribution in [0.2, 0.25) is 0 Å². The third kappa shape index (κ3) is 4.64. The zero-order valence-corrected chi connectivity index (χ0v) is 14.5. The molecule has 3 nitrogen and oxygen atoms in total. The minimum absolute atomic E-state index is 0.288. The van der Waals surface area contributed by atoms with Gasteiger partial charge >= 0.3 is 0 Å². The third-order valence-electron chi connectivity index (χ3n) is 4.55. The van der Waals surface area contributed by atoms with Crippen LogP contribution in [0.15, 0.2) is 35.7 Å². The second kappa shape index (κ2) is 7.73. The Kier molecular flexibility index (Phi) is 5.44. The van der Waals surface area contributed by atoms with E-state index in [0.29, 0.717) is 12.3 Å². The SMILES string of the molecule is Cc1csc(CCC(=O)N2CCC(Cc3ccccc3)CC2)n1. The number of likely N-dealkylation sites (tertiary alicyclic amines) is 1. The quantitative estimate of drug-likeness (QED) is 0.835. The van der Waals surface area contributed by atoms with Crippen LogP contribution in [0, 0.1) is 12.8 Å². The van der Waals surface area contributed by atoms with Crippen molar-refractivity contribution in [1.82, 2.24) is 9.88 Å². The van der Waals surface area contributed by atoms with E-state index in [4.69, 9.17) is 0 Å². The van der Waals surface area contributed by atoms with Gasteiger partial charge in [-0.25, -0.2) is 4.98 Å². The summed E-state index contributed by atoms with van der Waals surface area (Å²) in [6.07, 6.45) is 4.76. The van der Waals surface area contributed by atoms with Crippen molar-refractivity contribution in [3.8, 4) is 0 Å². The zero-order valence-electron chi connectivity index (χ0n) is 13.7. The smallest absolute Gasteiger partial charge is 0.222 e. The lowest BCUT2D eigenvalue weighted by Gasteiger charge is -2.32. The number of amides is 1. The van der Waals surface area contributed by atoms with Crippen molar-refractivity contribution >= 4 is 17.2 Å². The number of carbonyl (C=O) groups is 1. The highest BCUT2D eigenvalue weighted by Gasteiger charge is 2.22. The van der Waals surface area contributed by atoms with Gasteiger partial charge in [-0.2, -0.15) is 0 Å². The van der Waals surface area contributed by atoms with Crippen molar-refractivity contribution in [3.05, 3.63) is 52.0 Å². The number of hydrogen-bond acceptors (Lipinski definition) is 3. The monoisotopic (exact) mass is 328 g/mol. The molecule has 1 saturated heterocycles. The summed E-state index contributed by atoms with van der Waals surface area (Å²) in [7, 11) is 0. The van der Waals surface area contributed by atoms with Gasteiger partial charge in [0.05, 0.1) is 5.01 Å². The van der Waals surface area contributed by atoms with E-state index < -0.39 is 0 Å². The van der Waals surface area contributed by atoms with Crippen LogP contribution in [0.4, 0.5) is 0 Å². The number of nitrogens with zero attached hydrogens (tertiary/aromatic N) is 2. The second-order valence-corrected chi connectivity index (χ2v) is 7.34. The molecule has 0 atom stereocenters. The summed E-state index contributed by atoms with van der Waals surface area (Å²) in [5.74, 6) is 0.999. The molecule has 0 spiro atoms. The fraction of sp³-hybridized carbons (Fsp3) is 0.474.